The van der Waals surface area contributed by atoms with Gasteiger partial charge < -0.3 is 15.7 Å². The highest BCUT2D eigenvalue weighted by Crippen LogP contribution is 2.35. The molecule has 0 aromatic heterocycles. The number of hydrogen-bond acceptors (Lipinski definition) is 3. The molecule has 0 aromatic carbocycles. The molecule has 1 rings (SSSR count). The van der Waals surface area contributed by atoms with E-state index in [-0.39, 0.29) is 31.2 Å². The van der Waals surface area contributed by atoms with E-state index in [1.54, 1.807) is 0 Å². The third-order valence-corrected chi connectivity index (χ3v) is 4.04. The zero-order valence-electron chi connectivity index (χ0n) is 12.7. The zero-order chi connectivity index (χ0) is 15.7. The van der Waals surface area contributed by atoms with E-state index in [4.69, 9.17) is 0 Å². The lowest BCUT2D eigenvalue weighted by Gasteiger charge is -2.33. The molecule has 1 aliphatic carbocycles. The van der Waals surface area contributed by atoms with Crippen molar-refractivity contribution in [3.05, 3.63) is 0 Å². The molecule has 0 aromatic rings. The average molecular weight is 298 g/mol. The maximum absolute atomic E-state index is 11.7. The summed E-state index contributed by atoms with van der Waals surface area (Å²) in [5.74, 6) is -1.23. The van der Waals surface area contributed by atoms with Gasteiger partial charge in [0.1, 0.15) is 0 Å². The highest BCUT2D eigenvalue weighted by Gasteiger charge is 2.39. The van der Waals surface area contributed by atoms with Crippen molar-refractivity contribution in [3.63, 3.8) is 0 Å². The van der Waals surface area contributed by atoms with E-state index in [1.165, 1.54) is 0 Å². The Morgan fingerprint density at radius 1 is 1.00 bits per heavy atom. The van der Waals surface area contributed by atoms with Crippen molar-refractivity contribution in [2.45, 2.75) is 58.3 Å². The third-order valence-electron chi connectivity index (χ3n) is 4.04. The average Bonchev–Trinajstić information content (AvgIpc) is 2.49. The van der Waals surface area contributed by atoms with Crippen molar-refractivity contribution in [1.82, 2.24) is 10.6 Å². The smallest absolute Gasteiger partial charge is 0.311 e. The van der Waals surface area contributed by atoms with Gasteiger partial charge in [0.15, 0.2) is 0 Å². The maximum atomic E-state index is 11.7. The van der Waals surface area contributed by atoms with Crippen LogP contribution in [0.25, 0.3) is 0 Å². The second-order valence-corrected chi connectivity index (χ2v) is 5.77. The minimum Gasteiger partial charge on any atom is -0.481 e. The molecule has 1 saturated carbocycles. The van der Waals surface area contributed by atoms with Crippen molar-refractivity contribution >= 4 is 17.8 Å². The standard InChI is InChI=1S/C15H26N2O4/c1-2-10-16-12(18)6-7-13(19)17-11-15(14(20)21)8-4-3-5-9-15/h2-11H2,1H3,(H,16,18)(H,17,19)(H,20,21). The van der Waals surface area contributed by atoms with E-state index in [9.17, 15) is 19.5 Å². The van der Waals surface area contributed by atoms with Gasteiger partial charge in [0.25, 0.3) is 0 Å². The number of carboxylic acid groups (broad SMARTS) is 1. The predicted octanol–water partition coefficient (Wildman–Crippen LogP) is 1.44. The number of carboxylic acids is 1. The molecule has 21 heavy (non-hydrogen) atoms. The molecular weight excluding hydrogens is 272 g/mol. The Bertz CT molecular complexity index is 376. The number of amides is 2. The molecule has 0 unspecified atom stereocenters. The molecule has 0 spiro atoms. The van der Waals surface area contributed by atoms with Crippen LogP contribution < -0.4 is 10.6 Å². The van der Waals surface area contributed by atoms with Gasteiger partial charge in [-0.1, -0.05) is 26.2 Å². The quantitative estimate of drug-likeness (QED) is 0.632. The molecule has 0 heterocycles. The van der Waals surface area contributed by atoms with E-state index in [1.807, 2.05) is 6.92 Å². The number of nitrogens with one attached hydrogen (secondary N) is 2. The molecule has 0 saturated heterocycles. The Morgan fingerprint density at radius 3 is 2.10 bits per heavy atom. The van der Waals surface area contributed by atoms with Crippen molar-refractivity contribution in [2.75, 3.05) is 13.1 Å². The van der Waals surface area contributed by atoms with Crippen LogP contribution in [0, 0.1) is 5.41 Å². The Hall–Kier alpha value is -1.59. The molecule has 120 valence electrons. The summed E-state index contributed by atoms with van der Waals surface area (Å²) in [6.45, 7) is 2.74. The van der Waals surface area contributed by atoms with Crippen LogP contribution in [0.4, 0.5) is 0 Å². The topological polar surface area (TPSA) is 95.5 Å². The number of hydrogen-bond donors (Lipinski definition) is 3. The Balaban J connectivity index is 2.33. The molecular formula is C15H26N2O4. The minimum absolute atomic E-state index is 0.102. The molecule has 6 nitrogen and oxygen atoms in total. The number of aliphatic carboxylic acids is 1. The SMILES string of the molecule is CCCNC(=O)CCC(=O)NCC1(C(=O)O)CCCCC1. The van der Waals surface area contributed by atoms with Gasteiger partial charge in [-0.15, -0.1) is 0 Å². The first kappa shape index (κ1) is 17.5. The van der Waals surface area contributed by atoms with Crippen molar-refractivity contribution < 1.29 is 19.5 Å². The molecule has 1 aliphatic rings. The molecule has 6 heteroatoms. The number of carbonyl (C=O) groups excluding carboxylic acids is 2. The monoisotopic (exact) mass is 298 g/mol. The second-order valence-electron chi connectivity index (χ2n) is 5.77. The Kier molecular flexibility index (Phi) is 7.19. The van der Waals surface area contributed by atoms with E-state index < -0.39 is 11.4 Å². The van der Waals surface area contributed by atoms with Crippen LogP contribution in [-0.4, -0.2) is 36.0 Å². The van der Waals surface area contributed by atoms with E-state index in [0.717, 1.165) is 25.7 Å². The molecule has 0 radical (unpaired) electrons. The summed E-state index contributed by atoms with van der Waals surface area (Å²) in [4.78, 5) is 34.6. The summed E-state index contributed by atoms with van der Waals surface area (Å²) in [6, 6.07) is 0. The Labute approximate surface area is 125 Å². The van der Waals surface area contributed by atoms with Crippen LogP contribution in [0.2, 0.25) is 0 Å². The first-order chi connectivity index (χ1) is 10.00. The van der Waals surface area contributed by atoms with Gasteiger partial charge in [-0.25, -0.2) is 0 Å². The minimum atomic E-state index is -0.830. The fourth-order valence-corrected chi connectivity index (χ4v) is 2.63. The second kappa shape index (κ2) is 8.64. The van der Waals surface area contributed by atoms with Gasteiger partial charge in [-0.2, -0.15) is 0 Å². The lowest BCUT2D eigenvalue weighted by atomic mass is 9.74. The first-order valence-electron chi connectivity index (χ1n) is 7.77. The van der Waals surface area contributed by atoms with E-state index in [2.05, 4.69) is 10.6 Å². The summed E-state index contributed by atoms with van der Waals surface area (Å²) in [7, 11) is 0. The molecule has 0 aliphatic heterocycles. The molecule has 0 bridgehead atoms. The van der Waals surface area contributed by atoms with Crippen molar-refractivity contribution in [3.8, 4) is 0 Å². The summed E-state index contributed by atoms with van der Waals surface area (Å²) in [6.07, 6.45) is 5.17. The fourth-order valence-electron chi connectivity index (χ4n) is 2.63. The van der Waals surface area contributed by atoms with Gasteiger partial charge in [0.2, 0.25) is 11.8 Å². The maximum Gasteiger partial charge on any atom is 0.311 e. The lowest BCUT2D eigenvalue weighted by Crippen LogP contribution is -2.44. The Morgan fingerprint density at radius 2 is 1.57 bits per heavy atom. The van der Waals surface area contributed by atoms with Crippen LogP contribution in [0.15, 0.2) is 0 Å². The van der Waals surface area contributed by atoms with Gasteiger partial charge >= 0.3 is 5.97 Å². The number of carbonyl (C=O) groups is 3. The van der Waals surface area contributed by atoms with Crippen LogP contribution in [0.3, 0.4) is 0 Å². The van der Waals surface area contributed by atoms with Crippen LogP contribution in [0.1, 0.15) is 58.3 Å². The number of rotatable bonds is 8. The van der Waals surface area contributed by atoms with Gasteiger partial charge in [0, 0.05) is 25.9 Å². The largest absolute Gasteiger partial charge is 0.481 e. The molecule has 0 atom stereocenters. The van der Waals surface area contributed by atoms with Crippen LogP contribution in [0.5, 0.6) is 0 Å². The summed E-state index contributed by atoms with van der Waals surface area (Å²) < 4.78 is 0. The van der Waals surface area contributed by atoms with Crippen LogP contribution >= 0.6 is 0 Å². The lowest BCUT2D eigenvalue weighted by molar-refractivity contribution is -0.151. The summed E-state index contributed by atoms with van der Waals surface area (Å²) >= 11 is 0. The van der Waals surface area contributed by atoms with Crippen molar-refractivity contribution in [1.29, 1.82) is 0 Å². The summed E-state index contributed by atoms with van der Waals surface area (Å²) in [5.41, 5.74) is -0.821. The molecule has 3 N–H and O–H groups in total. The van der Waals surface area contributed by atoms with Gasteiger partial charge in [0.05, 0.1) is 5.41 Å². The summed E-state index contributed by atoms with van der Waals surface area (Å²) in [5, 5.41) is 14.8. The van der Waals surface area contributed by atoms with Crippen molar-refractivity contribution in [2.24, 2.45) is 5.41 Å². The molecule has 2 amide bonds. The van der Waals surface area contributed by atoms with E-state index >= 15 is 0 Å². The van der Waals surface area contributed by atoms with Crippen LogP contribution in [-0.2, 0) is 14.4 Å². The first-order valence-corrected chi connectivity index (χ1v) is 7.77. The fraction of sp³-hybridized carbons (Fsp3) is 0.800. The van der Waals surface area contributed by atoms with E-state index in [0.29, 0.717) is 19.4 Å². The van der Waals surface area contributed by atoms with Gasteiger partial charge in [-0.3, -0.25) is 14.4 Å². The zero-order valence-corrected chi connectivity index (χ0v) is 12.7. The predicted molar refractivity (Wildman–Crippen MR) is 78.7 cm³/mol. The molecule has 1 fully saturated rings. The highest BCUT2D eigenvalue weighted by molar-refractivity contribution is 5.84. The third kappa shape index (κ3) is 5.73. The van der Waals surface area contributed by atoms with Gasteiger partial charge in [-0.05, 0) is 19.3 Å². The highest BCUT2D eigenvalue weighted by atomic mass is 16.4. The normalized spacial score (nSPS) is 17.0.